The number of carbonyl (C=O) groups excluding carboxylic acids is 1. The van der Waals surface area contributed by atoms with E-state index in [4.69, 9.17) is 27.9 Å². The number of carbonyl (C=O) groups is 1. The molecule has 4 nitrogen and oxygen atoms in total. The summed E-state index contributed by atoms with van der Waals surface area (Å²) in [6, 6.07) is 18.7. The fraction of sp³-hybridized carbons (Fsp3) is 0.0833. The number of hydrogen-bond acceptors (Lipinski definition) is 4. The van der Waals surface area contributed by atoms with E-state index in [2.05, 4.69) is 26.2 Å². The second kappa shape index (κ2) is 10.1. The number of nitrogens with zero attached hydrogens (tertiary/aromatic N) is 1. The van der Waals surface area contributed by atoms with E-state index in [1.165, 1.54) is 11.8 Å². The molecule has 32 heavy (non-hydrogen) atoms. The summed E-state index contributed by atoms with van der Waals surface area (Å²) in [6.45, 7) is 2.28. The lowest BCUT2D eigenvalue weighted by Crippen LogP contribution is -2.19. The first-order valence-electron chi connectivity index (χ1n) is 9.60. The van der Waals surface area contributed by atoms with Crippen molar-refractivity contribution in [3.05, 3.63) is 96.8 Å². The van der Waals surface area contributed by atoms with Crippen LogP contribution in [0.25, 0.3) is 6.08 Å². The third-order valence-corrected chi connectivity index (χ3v) is 6.74. The Hall–Kier alpha value is -2.25. The number of thioether (sulfide) groups is 1. The number of ether oxygens (including phenoxy) is 1. The zero-order valence-corrected chi connectivity index (χ0v) is 20.8. The van der Waals surface area contributed by atoms with Crippen molar-refractivity contribution in [3.8, 4) is 5.75 Å². The summed E-state index contributed by atoms with van der Waals surface area (Å²) in [5, 5.41) is 4.63. The van der Waals surface area contributed by atoms with Crippen LogP contribution >= 0.6 is 50.9 Å². The van der Waals surface area contributed by atoms with Gasteiger partial charge in [-0.2, -0.15) is 0 Å². The minimum Gasteiger partial charge on any atom is -0.488 e. The van der Waals surface area contributed by atoms with E-state index >= 15 is 0 Å². The van der Waals surface area contributed by atoms with Crippen LogP contribution in [0.5, 0.6) is 5.75 Å². The van der Waals surface area contributed by atoms with Crippen molar-refractivity contribution in [1.82, 2.24) is 5.32 Å². The topological polar surface area (TPSA) is 50.7 Å². The number of amidine groups is 1. The second-order valence-electron chi connectivity index (χ2n) is 6.96. The Labute approximate surface area is 208 Å². The highest BCUT2D eigenvalue weighted by Gasteiger charge is 2.24. The van der Waals surface area contributed by atoms with Crippen molar-refractivity contribution in [2.24, 2.45) is 4.99 Å². The molecule has 1 aliphatic rings. The minimum absolute atomic E-state index is 0.211. The van der Waals surface area contributed by atoms with Crippen LogP contribution in [0.4, 0.5) is 5.69 Å². The lowest BCUT2D eigenvalue weighted by atomic mass is 10.2. The fourth-order valence-corrected chi connectivity index (χ4v) is 4.45. The highest BCUT2D eigenvalue weighted by atomic mass is 79.9. The zero-order valence-electron chi connectivity index (χ0n) is 16.9. The number of rotatable bonds is 5. The molecule has 8 heteroatoms. The predicted molar refractivity (Wildman–Crippen MR) is 137 cm³/mol. The van der Waals surface area contributed by atoms with Gasteiger partial charge in [-0.25, -0.2) is 4.99 Å². The SMILES string of the molecule is Cc1c(Cl)cccc1N=C1NC(=O)/C(=C\c2cc(Br)ccc2OCc2ccc(Cl)cc2)S1. The molecule has 3 aromatic carbocycles. The number of hydrogen-bond donors (Lipinski definition) is 1. The molecule has 0 aromatic heterocycles. The highest BCUT2D eigenvalue weighted by molar-refractivity contribution is 9.10. The van der Waals surface area contributed by atoms with Crippen LogP contribution in [0.1, 0.15) is 16.7 Å². The van der Waals surface area contributed by atoms with Crippen LogP contribution in [0.2, 0.25) is 10.0 Å². The summed E-state index contributed by atoms with van der Waals surface area (Å²) in [6.07, 6.45) is 1.80. The summed E-state index contributed by atoms with van der Waals surface area (Å²) >= 11 is 16.9. The Balaban J connectivity index is 1.57. The van der Waals surface area contributed by atoms with Gasteiger partial charge in [-0.05, 0) is 78.4 Å². The van der Waals surface area contributed by atoms with Crippen molar-refractivity contribution in [2.45, 2.75) is 13.5 Å². The average molecular weight is 548 g/mol. The summed E-state index contributed by atoms with van der Waals surface area (Å²) in [5.74, 6) is 0.456. The van der Waals surface area contributed by atoms with Crippen LogP contribution < -0.4 is 10.1 Å². The summed E-state index contributed by atoms with van der Waals surface area (Å²) in [7, 11) is 0. The molecule has 0 unspecified atom stereocenters. The molecular weight excluding hydrogens is 531 g/mol. The molecule has 0 spiro atoms. The van der Waals surface area contributed by atoms with Gasteiger partial charge in [0.15, 0.2) is 5.17 Å². The highest BCUT2D eigenvalue weighted by Crippen LogP contribution is 2.33. The maximum Gasteiger partial charge on any atom is 0.264 e. The Morgan fingerprint density at radius 1 is 1.12 bits per heavy atom. The van der Waals surface area contributed by atoms with Gasteiger partial charge in [0.2, 0.25) is 0 Å². The number of halogens is 3. The largest absolute Gasteiger partial charge is 0.488 e. The first kappa shape index (κ1) is 22.9. The van der Waals surface area contributed by atoms with E-state index in [0.717, 1.165) is 26.9 Å². The molecule has 0 atom stereocenters. The van der Waals surface area contributed by atoms with Crippen LogP contribution in [-0.2, 0) is 11.4 Å². The molecule has 0 aliphatic carbocycles. The standard InChI is InChI=1S/C24H17BrCl2N2O2S/c1-14-19(27)3-2-4-20(14)28-24-29-23(30)22(32-24)12-16-11-17(25)7-10-21(16)31-13-15-5-8-18(26)9-6-15/h2-12H,13H2,1H3,(H,28,29,30)/b22-12+. The molecule has 1 heterocycles. The Bertz CT molecular complexity index is 1240. The Morgan fingerprint density at radius 2 is 1.91 bits per heavy atom. The van der Waals surface area contributed by atoms with Crippen molar-refractivity contribution in [3.63, 3.8) is 0 Å². The molecule has 1 aliphatic heterocycles. The van der Waals surface area contributed by atoms with E-state index < -0.39 is 0 Å². The van der Waals surface area contributed by atoms with Crippen molar-refractivity contribution in [2.75, 3.05) is 0 Å². The number of amides is 1. The maximum absolute atomic E-state index is 12.6. The molecule has 0 bridgehead atoms. The molecule has 1 saturated heterocycles. The van der Waals surface area contributed by atoms with E-state index in [9.17, 15) is 4.79 Å². The molecular formula is C24H17BrCl2N2O2S. The first-order chi connectivity index (χ1) is 15.4. The Kier molecular flexibility index (Phi) is 7.26. The molecule has 3 aromatic rings. The van der Waals surface area contributed by atoms with Crippen LogP contribution in [0.15, 0.2) is 75.0 Å². The third kappa shape index (κ3) is 5.56. The van der Waals surface area contributed by atoms with Gasteiger partial charge in [0.05, 0.1) is 10.6 Å². The minimum atomic E-state index is -0.211. The van der Waals surface area contributed by atoms with Crippen molar-refractivity contribution >= 4 is 73.7 Å². The van der Waals surface area contributed by atoms with Gasteiger partial charge in [-0.15, -0.1) is 0 Å². The Morgan fingerprint density at radius 3 is 2.69 bits per heavy atom. The molecule has 0 saturated carbocycles. The third-order valence-electron chi connectivity index (χ3n) is 4.68. The quantitative estimate of drug-likeness (QED) is 0.336. The summed E-state index contributed by atoms with van der Waals surface area (Å²) in [4.78, 5) is 17.6. The van der Waals surface area contributed by atoms with Gasteiger partial charge in [-0.1, -0.05) is 57.3 Å². The molecule has 1 fully saturated rings. The van der Waals surface area contributed by atoms with E-state index in [0.29, 0.717) is 32.5 Å². The fourth-order valence-electron chi connectivity index (χ4n) is 2.95. The zero-order chi connectivity index (χ0) is 22.7. The van der Waals surface area contributed by atoms with E-state index in [1.807, 2.05) is 67.6 Å². The smallest absolute Gasteiger partial charge is 0.264 e. The number of aliphatic imine (C=N–C) groups is 1. The van der Waals surface area contributed by atoms with Gasteiger partial charge in [-0.3, -0.25) is 4.79 Å². The van der Waals surface area contributed by atoms with Crippen LogP contribution in [-0.4, -0.2) is 11.1 Å². The van der Waals surface area contributed by atoms with Gasteiger partial charge in [0.25, 0.3) is 5.91 Å². The number of nitrogens with one attached hydrogen (secondary N) is 1. The van der Waals surface area contributed by atoms with Crippen LogP contribution in [0.3, 0.4) is 0 Å². The average Bonchev–Trinajstić information content (AvgIpc) is 3.11. The number of benzene rings is 3. The van der Waals surface area contributed by atoms with Crippen LogP contribution in [0, 0.1) is 6.92 Å². The van der Waals surface area contributed by atoms with E-state index in [-0.39, 0.29) is 5.91 Å². The van der Waals surface area contributed by atoms with Gasteiger partial charge >= 0.3 is 0 Å². The van der Waals surface area contributed by atoms with Gasteiger partial charge in [0.1, 0.15) is 12.4 Å². The molecule has 1 amide bonds. The predicted octanol–water partition coefficient (Wildman–Crippen LogP) is 7.53. The van der Waals surface area contributed by atoms with Gasteiger partial charge < -0.3 is 10.1 Å². The molecule has 0 radical (unpaired) electrons. The van der Waals surface area contributed by atoms with E-state index in [1.54, 1.807) is 6.08 Å². The normalized spacial score (nSPS) is 15.9. The lowest BCUT2D eigenvalue weighted by Gasteiger charge is -2.10. The summed E-state index contributed by atoms with van der Waals surface area (Å²) < 4.78 is 6.90. The molecule has 4 rings (SSSR count). The molecule has 162 valence electrons. The second-order valence-corrected chi connectivity index (χ2v) is 9.75. The molecule has 1 N–H and O–H groups in total. The summed E-state index contributed by atoms with van der Waals surface area (Å²) in [5.41, 5.74) is 3.36. The van der Waals surface area contributed by atoms with Crippen molar-refractivity contribution in [1.29, 1.82) is 0 Å². The maximum atomic E-state index is 12.6. The monoisotopic (exact) mass is 546 g/mol. The first-order valence-corrected chi connectivity index (χ1v) is 12.0. The van der Waals surface area contributed by atoms with Gasteiger partial charge in [0, 0.05) is 20.1 Å². The van der Waals surface area contributed by atoms with Crippen molar-refractivity contribution < 1.29 is 9.53 Å². The lowest BCUT2D eigenvalue weighted by molar-refractivity contribution is -0.115.